The number of Topliss-reactive ketones (excluding diaryl/α,β-unsaturated/α-hetero) is 1. The standard InChI is InChI=1S/C17H18F3NO3/c1-16(2,3)24-15(23)21-10-5-4-7-12-8-6-9-13(11-12)14(22)17(18,19)20/h6,8-9,11H,5,10H2,1-3H3,(H,21,23). The maximum absolute atomic E-state index is 12.4. The van der Waals surface area contributed by atoms with Crippen LogP contribution in [0.3, 0.4) is 0 Å². The lowest BCUT2D eigenvalue weighted by atomic mass is 10.1. The molecular weight excluding hydrogens is 323 g/mol. The van der Waals surface area contributed by atoms with Crippen LogP contribution in [-0.4, -0.2) is 30.2 Å². The van der Waals surface area contributed by atoms with Gasteiger partial charge in [-0.15, -0.1) is 0 Å². The molecule has 0 spiro atoms. The molecule has 0 heterocycles. The van der Waals surface area contributed by atoms with Crippen molar-refractivity contribution in [3.05, 3.63) is 35.4 Å². The van der Waals surface area contributed by atoms with E-state index in [2.05, 4.69) is 17.2 Å². The first-order valence-electron chi connectivity index (χ1n) is 7.16. The van der Waals surface area contributed by atoms with Crippen molar-refractivity contribution in [1.29, 1.82) is 0 Å². The second kappa shape index (κ2) is 7.86. The number of rotatable bonds is 3. The maximum atomic E-state index is 12.4. The minimum absolute atomic E-state index is 0.239. The van der Waals surface area contributed by atoms with Gasteiger partial charge in [0, 0.05) is 24.1 Å². The number of ether oxygens (including phenoxy) is 1. The van der Waals surface area contributed by atoms with E-state index in [9.17, 15) is 22.8 Å². The van der Waals surface area contributed by atoms with Crippen LogP contribution in [0.2, 0.25) is 0 Å². The maximum Gasteiger partial charge on any atom is 0.454 e. The van der Waals surface area contributed by atoms with Gasteiger partial charge in [-0.25, -0.2) is 4.79 Å². The van der Waals surface area contributed by atoms with Gasteiger partial charge in [0.15, 0.2) is 0 Å². The van der Waals surface area contributed by atoms with Crippen LogP contribution < -0.4 is 5.32 Å². The Morgan fingerprint density at radius 1 is 1.21 bits per heavy atom. The molecule has 0 aliphatic rings. The largest absolute Gasteiger partial charge is 0.454 e. The molecule has 1 N–H and O–H groups in total. The fraction of sp³-hybridized carbons (Fsp3) is 0.412. The lowest BCUT2D eigenvalue weighted by molar-refractivity contribution is -0.0885. The van der Waals surface area contributed by atoms with Crippen LogP contribution >= 0.6 is 0 Å². The van der Waals surface area contributed by atoms with Crippen molar-refractivity contribution < 1.29 is 27.5 Å². The number of benzene rings is 1. The van der Waals surface area contributed by atoms with Crippen LogP contribution in [0.15, 0.2) is 24.3 Å². The molecule has 7 heteroatoms. The summed E-state index contributed by atoms with van der Waals surface area (Å²) in [5.41, 5.74) is -0.759. The summed E-state index contributed by atoms with van der Waals surface area (Å²) in [6.07, 6.45) is -5.19. The molecule has 0 fully saturated rings. The van der Waals surface area contributed by atoms with Crippen molar-refractivity contribution in [2.24, 2.45) is 0 Å². The van der Waals surface area contributed by atoms with Gasteiger partial charge in [-0.1, -0.05) is 24.0 Å². The molecule has 0 radical (unpaired) electrons. The Morgan fingerprint density at radius 3 is 2.46 bits per heavy atom. The topological polar surface area (TPSA) is 55.4 Å². The van der Waals surface area contributed by atoms with E-state index in [0.29, 0.717) is 5.56 Å². The summed E-state index contributed by atoms with van der Waals surface area (Å²) in [6.45, 7) is 5.45. The fourth-order valence-electron chi connectivity index (χ4n) is 1.61. The van der Waals surface area contributed by atoms with Gasteiger partial charge in [0.2, 0.25) is 0 Å². The second-order valence-electron chi connectivity index (χ2n) is 5.89. The Hall–Kier alpha value is -2.49. The summed E-state index contributed by atoms with van der Waals surface area (Å²) in [6, 6.07) is 5.01. The highest BCUT2D eigenvalue weighted by Crippen LogP contribution is 2.21. The number of ketones is 1. The molecule has 0 atom stereocenters. The smallest absolute Gasteiger partial charge is 0.444 e. The number of carbonyl (C=O) groups is 2. The molecule has 0 aliphatic carbocycles. The molecule has 0 bridgehead atoms. The number of nitrogens with one attached hydrogen (secondary N) is 1. The van der Waals surface area contributed by atoms with Gasteiger partial charge in [0.05, 0.1) is 0 Å². The Balaban J connectivity index is 2.56. The predicted octanol–water partition coefficient (Wildman–Crippen LogP) is 3.70. The molecule has 24 heavy (non-hydrogen) atoms. The number of alkyl carbamates (subject to hydrolysis) is 1. The Bertz CT molecular complexity index is 664. The van der Waals surface area contributed by atoms with E-state index in [4.69, 9.17) is 4.74 Å². The van der Waals surface area contributed by atoms with Crippen LogP contribution in [0, 0.1) is 11.8 Å². The molecule has 0 saturated carbocycles. The number of amides is 1. The van der Waals surface area contributed by atoms with Crippen molar-refractivity contribution in [3.8, 4) is 11.8 Å². The molecule has 130 valence electrons. The SMILES string of the molecule is CC(C)(C)OC(=O)NCCC#Cc1cccc(C(=O)C(F)(F)F)c1. The first-order valence-corrected chi connectivity index (χ1v) is 7.16. The Kier molecular flexibility index (Phi) is 6.41. The summed E-state index contributed by atoms with van der Waals surface area (Å²) in [4.78, 5) is 22.5. The molecule has 0 saturated heterocycles. The second-order valence-corrected chi connectivity index (χ2v) is 5.89. The van der Waals surface area contributed by atoms with E-state index in [1.807, 2.05) is 0 Å². The summed E-state index contributed by atoms with van der Waals surface area (Å²) in [5.74, 6) is 3.46. The fourth-order valence-corrected chi connectivity index (χ4v) is 1.61. The zero-order valence-corrected chi connectivity index (χ0v) is 13.6. The van der Waals surface area contributed by atoms with Crippen molar-refractivity contribution in [1.82, 2.24) is 5.32 Å². The van der Waals surface area contributed by atoms with Gasteiger partial charge in [-0.05, 0) is 32.9 Å². The van der Waals surface area contributed by atoms with Gasteiger partial charge in [-0.3, -0.25) is 4.79 Å². The lowest BCUT2D eigenvalue weighted by Crippen LogP contribution is -2.32. The van der Waals surface area contributed by atoms with E-state index in [1.165, 1.54) is 12.1 Å². The Labute approximate surface area is 138 Å². The van der Waals surface area contributed by atoms with Gasteiger partial charge in [-0.2, -0.15) is 13.2 Å². The first-order chi connectivity index (χ1) is 11.0. The summed E-state index contributed by atoms with van der Waals surface area (Å²) in [5, 5.41) is 2.51. The average molecular weight is 341 g/mol. The van der Waals surface area contributed by atoms with Crippen LogP contribution in [0.1, 0.15) is 43.1 Å². The summed E-state index contributed by atoms with van der Waals surface area (Å²) >= 11 is 0. The molecule has 0 aliphatic heterocycles. The van der Waals surface area contributed by atoms with E-state index in [0.717, 1.165) is 12.1 Å². The lowest BCUT2D eigenvalue weighted by Gasteiger charge is -2.19. The number of carbonyl (C=O) groups excluding carboxylic acids is 2. The van der Waals surface area contributed by atoms with Gasteiger partial charge < -0.3 is 10.1 Å². The van der Waals surface area contributed by atoms with Crippen LogP contribution in [0.25, 0.3) is 0 Å². The zero-order valence-electron chi connectivity index (χ0n) is 13.6. The third-order valence-electron chi connectivity index (χ3n) is 2.53. The van der Waals surface area contributed by atoms with Crippen molar-refractivity contribution in [2.75, 3.05) is 6.54 Å². The quantitative estimate of drug-likeness (QED) is 0.518. The van der Waals surface area contributed by atoms with E-state index < -0.39 is 29.2 Å². The van der Waals surface area contributed by atoms with Gasteiger partial charge in [0.25, 0.3) is 5.78 Å². The number of hydrogen-bond acceptors (Lipinski definition) is 3. The highest BCUT2D eigenvalue weighted by Gasteiger charge is 2.39. The number of hydrogen-bond donors (Lipinski definition) is 1. The summed E-state index contributed by atoms with van der Waals surface area (Å²) in [7, 11) is 0. The van der Waals surface area contributed by atoms with Crippen LogP contribution in [0.4, 0.5) is 18.0 Å². The molecule has 0 aromatic heterocycles. The van der Waals surface area contributed by atoms with Crippen molar-refractivity contribution >= 4 is 11.9 Å². The predicted molar refractivity (Wildman–Crippen MR) is 82.6 cm³/mol. The highest BCUT2D eigenvalue weighted by molar-refractivity contribution is 6.00. The van der Waals surface area contributed by atoms with E-state index >= 15 is 0 Å². The zero-order chi connectivity index (χ0) is 18.4. The third-order valence-corrected chi connectivity index (χ3v) is 2.53. The molecule has 1 rings (SSSR count). The molecular formula is C17H18F3NO3. The van der Waals surface area contributed by atoms with Gasteiger partial charge >= 0.3 is 12.3 Å². The molecule has 4 nitrogen and oxygen atoms in total. The minimum Gasteiger partial charge on any atom is -0.444 e. The first kappa shape index (κ1) is 19.6. The number of alkyl halides is 3. The highest BCUT2D eigenvalue weighted by atomic mass is 19.4. The summed E-state index contributed by atoms with van der Waals surface area (Å²) < 4.78 is 42.2. The molecule has 1 amide bonds. The third kappa shape index (κ3) is 7.18. The minimum atomic E-state index is -4.91. The Morgan fingerprint density at radius 2 is 1.88 bits per heavy atom. The monoisotopic (exact) mass is 341 g/mol. The molecule has 1 aromatic carbocycles. The van der Waals surface area contributed by atoms with E-state index in [-0.39, 0.29) is 13.0 Å². The van der Waals surface area contributed by atoms with Gasteiger partial charge in [0.1, 0.15) is 5.60 Å². The van der Waals surface area contributed by atoms with Crippen LogP contribution in [-0.2, 0) is 4.74 Å². The van der Waals surface area contributed by atoms with Crippen molar-refractivity contribution in [3.63, 3.8) is 0 Å². The van der Waals surface area contributed by atoms with Crippen LogP contribution in [0.5, 0.6) is 0 Å². The molecule has 0 unspecified atom stereocenters. The van der Waals surface area contributed by atoms with Crippen molar-refractivity contribution in [2.45, 2.75) is 39.0 Å². The number of halogens is 3. The average Bonchev–Trinajstić information content (AvgIpc) is 2.43. The van der Waals surface area contributed by atoms with E-state index in [1.54, 1.807) is 20.8 Å². The molecule has 1 aromatic rings. The normalized spacial score (nSPS) is 11.2.